The molecule has 1 aliphatic rings. The van der Waals surface area contributed by atoms with Crippen LogP contribution in [-0.2, 0) is 4.79 Å². The van der Waals surface area contributed by atoms with Crippen LogP contribution in [0.25, 0.3) is 5.69 Å². The second kappa shape index (κ2) is 8.42. The number of hydrogen-bond acceptors (Lipinski definition) is 4. The van der Waals surface area contributed by atoms with E-state index >= 15 is 0 Å². The number of nitrogens with one attached hydrogen (secondary N) is 1. The van der Waals surface area contributed by atoms with E-state index in [1.54, 1.807) is 30.5 Å². The van der Waals surface area contributed by atoms with Crippen LogP contribution in [0.15, 0.2) is 53.6 Å². The van der Waals surface area contributed by atoms with Gasteiger partial charge in [-0.2, -0.15) is 5.10 Å². The first kappa shape index (κ1) is 20.3. The Kier molecular flexibility index (Phi) is 5.70. The van der Waals surface area contributed by atoms with Gasteiger partial charge in [-0.15, -0.1) is 0 Å². The van der Waals surface area contributed by atoms with Crippen LogP contribution in [0.5, 0.6) is 11.5 Å². The molecule has 0 fully saturated rings. The van der Waals surface area contributed by atoms with Crippen molar-refractivity contribution in [2.24, 2.45) is 5.10 Å². The van der Waals surface area contributed by atoms with E-state index in [9.17, 15) is 4.79 Å². The fourth-order valence-electron chi connectivity index (χ4n) is 3.33. The number of halogens is 2. The number of hydrogen-bond donors (Lipinski definition) is 1. The Morgan fingerprint density at radius 2 is 1.93 bits per heavy atom. The number of amides is 1. The van der Waals surface area contributed by atoms with E-state index in [0.29, 0.717) is 21.5 Å². The van der Waals surface area contributed by atoms with Gasteiger partial charge in [0, 0.05) is 22.0 Å². The zero-order valence-corrected chi connectivity index (χ0v) is 17.9. The number of benzene rings is 2. The van der Waals surface area contributed by atoms with Crippen molar-refractivity contribution < 1.29 is 14.3 Å². The summed E-state index contributed by atoms with van der Waals surface area (Å²) in [5.41, 5.74) is 6.03. The number of nitrogens with zero attached hydrogens (tertiary/aromatic N) is 2. The van der Waals surface area contributed by atoms with Gasteiger partial charge >= 0.3 is 0 Å². The highest BCUT2D eigenvalue weighted by molar-refractivity contribution is 6.34. The summed E-state index contributed by atoms with van der Waals surface area (Å²) in [5, 5.41) is 5.28. The molecule has 154 valence electrons. The van der Waals surface area contributed by atoms with E-state index in [2.05, 4.69) is 10.5 Å². The van der Waals surface area contributed by atoms with Crippen LogP contribution in [0, 0.1) is 13.8 Å². The van der Waals surface area contributed by atoms with Gasteiger partial charge in [0.1, 0.15) is 6.61 Å². The van der Waals surface area contributed by atoms with Gasteiger partial charge in [-0.3, -0.25) is 4.79 Å². The SMILES string of the molecule is Cc1cc(/C=N/NC(=O)C2COc3ccccc3O2)c(C)n1-c1cc(Cl)ccc1Cl. The molecule has 2 heterocycles. The van der Waals surface area contributed by atoms with Crippen LogP contribution < -0.4 is 14.9 Å². The van der Waals surface area contributed by atoms with Gasteiger partial charge in [0.15, 0.2) is 11.5 Å². The molecule has 30 heavy (non-hydrogen) atoms. The molecule has 3 aromatic rings. The Hall–Kier alpha value is -2.96. The van der Waals surface area contributed by atoms with Gasteiger partial charge in [-0.05, 0) is 50.2 Å². The van der Waals surface area contributed by atoms with Crippen LogP contribution in [0.2, 0.25) is 10.0 Å². The molecular formula is C22H19Cl2N3O3. The number of para-hydroxylation sites is 2. The lowest BCUT2D eigenvalue weighted by molar-refractivity contribution is -0.130. The van der Waals surface area contributed by atoms with E-state index in [1.165, 1.54) is 0 Å². The molecule has 1 N–H and O–H groups in total. The van der Waals surface area contributed by atoms with Crippen LogP contribution in [-0.4, -0.2) is 29.4 Å². The molecule has 2 aromatic carbocycles. The van der Waals surface area contributed by atoms with E-state index in [0.717, 1.165) is 22.6 Å². The van der Waals surface area contributed by atoms with Crippen molar-refractivity contribution in [2.45, 2.75) is 20.0 Å². The summed E-state index contributed by atoms with van der Waals surface area (Å²) in [6.07, 6.45) is 0.821. The van der Waals surface area contributed by atoms with Gasteiger partial charge in [-0.25, -0.2) is 5.43 Å². The lowest BCUT2D eigenvalue weighted by Gasteiger charge is -2.24. The Bertz CT molecular complexity index is 1140. The minimum atomic E-state index is -0.769. The van der Waals surface area contributed by atoms with Gasteiger partial charge in [0.2, 0.25) is 6.10 Å². The molecule has 1 aliphatic heterocycles. The number of carbonyl (C=O) groups is 1. The summed E-state index contributed by atoms with van der Waals surface area (Å²) in [7, 11) is 0. The van der Waals surface area contributed by atoms with Crippen molar-refractivity contribution in [3.8, 4) is 17.2 Å². The fourth-order valence-corrected chi connectivity index (χ4v) is 3.70. The summed E-state index contributed by atoms with van der Waals surface area (Å²) in [5.74, 6) is 0.777. The minimum absolute atomic E-state index is 0.125. The van der Waals surface area contributed by atoms with Gasteiger partial charge in [-0.1, -0.05) is 35.3 Å². The normalized spacial score (nSPS) is 15.4. The quantitative estimate of drug-likeness (QED) is 0.469. The van der Waals surface area contributed by atoms with Crippen molar-refractivity contribution in [3.63, 3.8) is 0 Å². The van der Waals surface area contributed by atoms with Crippen LogP contribution in [0.1, 0.15) is 17.0 Å². The minimum Gasteiger partial charge on any atom is -0.485 e. The second-order valence-electron chi connectivity index (χ2n) is 6.86. The molecule has 0 bridgehead atoms. The topological polar surface area (TPSA) is 64.8 Å². The van der Waals surface area contributed by atoms with E-state index < -0.39 is 6.10 Å². The molecule has 0 radical (unpaired) electrons. The number of hydrazone groups is 1. The maximum atomic E-state index is 12.4. The van der Waals surface area contributed by atoms with Crippen LogP contribution >= 0.6 is 23.2 Å². The molecule has 8 heteroatoms. The monoisotopic (exact) mass is 443 g/mol. The number of ether oxygens (including phenoxy) is 2. The number of aromatic nitrogens is 1. The highest BCUT2D eigenvalue weighted by Gasteiger charge is 2.27. The first-order valence-electron chi connectivity index (χ1n) is 9.30. The highest BCUT2D eigenvalue weighted by atomic mass is 35.5. The van der Waals surface area contributed by atoms with Gasteiger partial charge < -0.3 is 14.0 Å². The fraction of sp³-hybridized carbons (Fsp3) is 0.182. The Balaban J connectivity index is 1.48. The highest BCUT2D eigenvalue weighted by Crippen LogP contribution is 2.31. The smallest absolute Gasteiger partial charge is 0.284 e. The standard InChI is InChI=1S/C22H19Cl2N3O3/c1-13-9-15(14(2)27(13)18-10-16(23)7-8-17(18)24)11-25-26-22(28)21-12-29-19-5-3-4-6-20(19)30-21/h3-11,21H,12H2,1-2H3,(H,26,28)/b25-11+. The zero-order valence-electron chi connectivity index (χ0n) is 16.4. The number of rotatable bonds is 4. The summed E-state index contributed by atoms with van der Waals surface area (Å²) < 4.78 is 13.2. The van der Waals surface area contributed by atoms with Crippen molar-refractivity contribution in [1.82, 2.24) is 9.99 Å². The van der Waals surface area contributed by atoms with E-state index in [-0.39, 0.29) is 12.5 Å². The third-order valence-electron chi connectivity index (χ3n) is 4.80. The molecule has 0 spiro atoms. The predicted molar refractivity (Wildman–Crippen MR) is 117 cm³/mol. The van der Waals surface area contributed by atoms with Crippen molar-refractivity contribution >= 4 is 35.3 Å². The third kappa shape index (κ3) is 4.01. The molecule has 6 nitrogen and oxygen atoms in total. The summed E-state index contributed by atoms with van der Waals surface area (Å²) in [6, 6.07) is 14.5. The maximum absolute atomic E-state index is 12.4. The molecule has 1 amide bonds. The largest absolute Gasteiger partial charge is 0.485 e. The third-order valence-corrected chi connectivity index (χ3v) is 5.35. The summed E-state index contributed by atoms with van der Waals surface area (Å²) >= 11 is 12.5. The number of fused-ring (bicyclic) bond motifs is 1. The number of aryl methyl sites for hydroxylation is 1. The Morgan fingerprint density at radius 1 is 1.17 bits per heavy atom. The Morgan fingerprint density at radius 3 is 2.73 bits per heavy atom. The first-order chi connectivity index (χ1) is 14.4. The summed E-state index contributed by atoms with van der Waals surface area (Å²) in [6.45, 7) is 4.04. The van der Waals surface area contributed by atoms with E-state index in [4.69, 9.17) is 32.7 Å². The molecule has 1 atom stereocenters. The molecule has 1 unspecified atom stereocenters. The van der Waals surface area contributed by atoms with Crippen molar-refractivity contribution in [1.29, 1.82) is 0 Å². The van der Waals surface area contributed by atoms with Crippen molar-refractivity contribution in [2.75, 3.05) is 6.61 Å². The van der Waals surface area contributed by atoms with Crippen LogP contribution in [0.3, 0.4) is 0 Å². The average molecular weight is 444 g/mol. The predicted octanol–water partition coefficient (Wildman–Crippen LogP) is 4.69. The molecule has 0 saturated carbocycles. The van der Waals surface area contributed by atoms with E-state index in [1.807, 2.05) is 42.7 Å². The molecular weight excluding hydrogens is 425 g/mol. The van der Waals surface area contributed by atoms with Crippen LogP contribution in [0.4, 0.5) is 0 Å². The maximum Gasteiger partial charge on any atom is 0.284 e. The lowest BCUT2D eigenvalue weighted by Crippen LogP contribution is -2.42. The second-order valence-corrected chi connectivity index (χ2v) is 7.70. The number of carbonyl (C=O) groups excluding carboxylic acids is 1. The average Bonchev–Trinajstić information content (AvgIpc) is 3.02. The molecule has 0 saturated heterocycles. The molecule has 0 aliphatic carbocycles. The van der Waals surface area contributed by atoms with Gasteiger partial charge in [0.05, 0.1) is 16.9 Å². The molecule has 1 aromatic heterocycles. The molecule has 4 rings (SSSR count). The van der Waals surface area contributed by atoms with Crippen molar-refractivity contribution in [3.05, 3.63) is 75.5 Å². The first-order valence-corrected chi connectivity index (χ1v) is 10.1. The zero-order chi connectivity index (χ0) is 21.3. The summed E-state index contributed by atoms with van der Waals surface area (Å²) in [4.78, 5) is 12.4. The Labute approximate surface area is 184 Å². The van der Waals surface area contributed by atoms with Gasteiger partial charge in [0.25, 0.3) is 5.91 Å². The lowest BCUT2D eigenvalue weighted by atomic mass is 10.2.